The van der Waals surface area contributed by atoms with Crippen LogP contribution >= 0.6 is 0 Å². The molecule has 1 atom stereocenters. The van der Waals surface area contributed by atoms with E-state index in [9.17, 15) is 4.79 Å². The average molecular weight is 223 g/mol. The second kappa shape index (κ2) is 6.12. The quantitative estimate of drug-likeness (QED) is 0.798. The van der Waals surface area contributed by atoms with E-state index in [2.05, 4.69) is 5.32 Å². The molecule has 0 aliphatic rings. The van der Waals surface area contributed by atoms with E-state index in [0.717, 1.165) is 0 Å². The van der Waals surface area contributed by atoms with Crippen molar-refractivity contribution in [3.8, 4) is 5.75 Å². The van der Waals surface area contributed by atoms with Crippen molar-refractivity contribution in [2.45, 2.75) is 13.3 Å². The molecular formula is C12H17NO3. The first-order valence-electron chi connectivity index (χ1n) is 5.27. The van der Waals surface area contributed by atoms with Gasteiger partial charge in [-0.25, -0.2) is 0 Å². The Bertz CT molecular complexity index is 348. The maximum atomic E-state index is 11.7. The van der Waals surface area contributed by atoms with E-state index < -0.39 is 0 Å². The van der Waals surface area contributed by atoms with Gasteiger partial charge in [0.2, 0.25) is 5.91 Å². The fourth-order valence-electron chi connectivity index (χ4n) is 1.38. The zero-order valence-electron chi connectivity index (χ0n) is 9.56. The van der Waals surface area contributed by atoms with Crippen LogP contribution in [0.2, 0.25) is 0 Å². The molecule has 88 valence electrons. The Labute approximate surface area is 95.2 Å². The van der Waals surface area contributed by atoms with Crippen LogP contribution in [0.25, 0.3) is 0 Å². The summed E-state index contributed by atoms with van der Waals surface area (Å²) in [5.41, 5.74) is 0.627. The van der Waals surface area contributed by atoms with Crippen molar-refractivity contribution >= 4 is 11.6 Å². The van der Waals surface area contributed by atoms with E-state index in [1.807, 2.05) is 19.1 Å². The van der Waals surface area contributed by atoms with Gasteiger partial charge < -0.3 is 15.2 Å². The van der Waals surface area contributed by atoms with Gasteiger partial charge >= 0.3 is 0 Å². The lowest BCUT2D eigenvalue weighted by molar-refractivity contribution is -0.121. The maximum Gasteiger partial charge on any atom is 0.229 e. The minimum Gasteiger partial charge on any atom is -0.495 e. The predicted octanol–water partition coefficient (Wildman–Crippen LogP) is 1.65. The van der Waals surface area contributed by atoms with Crippen LogP contribution in [-0.2, 0) is 4.79 Å². The van der Waals surface area contributed by atoms with Crippen molar-refractivity contribution in [3.63, 3.8) is 0 Å². The van der Waals surface area contributed by atoms with Crippen LogP contribution in [0.4, 0.5) is 5.69 Å². The third-order valence-corrected chi connectivity index (χ3v) is 2.45. The number of aliphatic hydroxyl groups excluding tert-OH is 1. The lowest BCUT2D eigenvalue weighted by atomic mass is 10.1. The second-order valence-electron chi connectivity index (χ2n) is 3.48. The highest BCUT2D eigenvalue weighted by Gasteiger charge is 2.16. The standard InChI is InChI=1S/C12H17NO3/c1-3-9(8-14)12(15)13-10-6-4-5-7-11(10)16-2/h4-7,9,14H,3,8H2,1-2H3,(H,13,15). The molecule has 1 rings (SSSR count). The van der Waals surface area contributed by atoms with Gasteiger partial charge in [-0.2, -0.15) is 0 Å². The summed E-state index contributed by atoms with van der Waals surface area (Å²) in [6.07, 6.45) is 0.609. The van der Waals surface area contributed by atoms with Crippen LogP contribution in [0.5, 0.6) is 5.75 Å². The number of hydrogen-bond donors (Lipinski definition) is 2. The first kappa shape index (κ1) is 12.5. The minimum atomic E-state index is -0.370. The van der Waals surface area contributed by atoms with Gasteiger partial charge in [-0.1, -0.05) is 19.1 Å². The third-order valence-electron chi connectivity index (χ3n) is 2.45. The van der Waals surface area contributed by atoms with Crippen LogP contribution in [0.1, 0.15) is 13.3 Å². The Hall–Kier alpha value is -1.55. The zero-order chi connectivity index (χ0) is 12.0. The van der Waals surface area contributed by atoms with E-state index in [1.165, 1.54) is 0 Å². The molecule has 0 saturated heterocycles. The van der Waals surface area contributed by atoms with Crippen molar-refractivity contribution in [1.29, 1.82) is 0 Å². The number of methoxy groups -OCH3 is 1. The van der Waals surface area contributed by atoms with Crippen LogP contribution < -0.4 is 10.1 Å². The lowest BCUT2D eigenvalue weighted by Crippen LogP contribution is -2.25. The minimum absolute atomic E-state index is 0.141. The molecule has 1 amide bonds. The molecule has 1 aromatic rings. The molecule has 0 heterocycles. The van der Waals surface area contributed by atoms with E-state index in [0.29, 0.717) is 17.9 Å². The number of anilines is 1. The Balaban J connectivity index is 2.76. The molecule has 16 heavy (non-hydrogen) atoms. The number of benzene rings is 1. The summed E-state index contributed by atoms with van der Waals surface area (Å²) < 4.78 is 5.12. The number of amides is 1. The average Bonchev–Trinajstić information content (AvgIpc) is 2.31. The molecule has 0 bridgehead atoms. The largest absolute Gasteiger partial charge is 0.495 e. The van der Waals surface area contributed by atoms with Gasteiger partial charge in [0, 0.05) is 0 Å². The molecule has 0 aromatic heterocycles. The maximum absolute atomic E-state index is 11.7. The van der Waals surface area contributed by atoms with Crippen LogP contribution in [0.3, 0.4) is 0 Å². The van der Waals surface area contributed by atoms with Crippen molar-refractivity contribution in [2.24, 2.45) is 5.92 Å². The van der Waals surface area contributed by atoms with Crippen molar-refractivity contribution in [1.82, 2.24) is 0 Å². The van der Waals surface area contributed by atoms with E-state index in [4.69, 9.17) is 9.84 Å². The van der Waals surface area contributed by atoms with Gasteiger partial charge in [-0.15, -0.1) is 0 Å². The molecule has 1 aromatic carbocycles. The number of carbonyl (C=O) groups is 1. The molecule has 0 aliphatic heterocycles. The summed E-state index contributed by atoms with van der Waals surface area (Å²) in [6.45, 7) is 1.72. The topological polar surface area (TPSA) is 58.6 Å². The highest BCUT2D eigenvalue weighted by atomic mass is 16.5. The summed E-state index contributed by atoms with van der Waals surface area (Å²) in [5.74, 6) is 0.0584. The number of hydrogen-bond acceptors (Lipinski definition) is 3. The molecular weight excluding hydrogens is 206 g/mol. The first-order valence-corrected chi connectivity index (χ1v) is 5.27. The highest BCUT2D eigenvalue weighted by Crippen LogP contribution is 2.23. The van der Waals surface area contributed by atoms with Gasteiger partial charge in [-0.3, -0.25) is 4.79 Å². The van der Waals surface area contributed by atoms with Gasteiger partial charge in [0.15, 0.2) is 0 Å². The highest BCUT2D eigenvalue weighted by molar-refractivity contribution is 5.93. The number of ether oxygens (including phenoxy) is 1. The normalized spacial score (nSPS) is 11.9. The molecule has 4 heteroatoms. The molecule has 0 radical (unpaired) electrons. The van der Waals surface area contributed by atoms with Crippen molar-refractivity contribution in [2.75, 3.05) is 19.0 Å². The number of carbonyl (C=O) groups excluding carboxylic acids is 1. The van der Waals surface area contributed by atoms with Gasteiger partial charge in [0.25, 0.3) is 0 Å². The number of rotatable bonds is 5. The summed E-state index contributed by atoms with van der Waals surface area (Å²) in [4.78, 5) is 11.7. The molecule has 0 spiro atoms. The number of nitrogens with one attached hydrogen (secondary N) is 1. The lowest BCUT2D eigenvalue weighted by Gasteiger charge is -2.14. The summed E-state index contributed by atoms with van der Waals surface area (Å²) in [5, 5.41) is 11.7. The fourth-order valence-corrected chi connectivity index (χ4v) is 1.38. The number of para-hydroxylation sites is 2. The van der Waals surface area contributed by atoms with Crippen LogP contribution in [-0.4, -0.2) is 24.7 Å². The first-order chi connectivity index (χ1) is 7.72. The van der Waals surface area contributed by atoms with Crippen LogP contribution in [0.15, 0.2) is 24.3 Å². The molecule has 0 fully saturated rings. The number of aliphatic hydroxyl groups is 1. The third kappa shape index (κ3) is 2.97. The van der Waals surface area contributed by atoms with Crippen molar-refractivity contribution in [3.05, 3.63) is 24.3 Å². The van der Waals surface area contributed by atoms with E-state index >= 15 is 0 Å². The molecule has 1 unspecified atom stereocenters. The Morgan fingerprint density at radius 2 is 2.19 bits per heavy atom. The van der Waals surface area contributed by atoms with Gasteiger partial charge in [0.1, 0.15) is 5.75 Å². The summed E-state index contributed by atoms with van der Waals surface area (Å²) >= 11 is 0. The summed E-state index contributed by atoms with van der Waals surface area (Å²) in [7, 11) is 1.55. The fraction of sp³-hybridized carbons (Fsp3) is 0.417. The molecule has 2 N–H and O–H groups in total. The Morgan fingerprint density at radius 3 is 2.75 bits per heavy atom. The van der Waals surface area contributed by atoms with Crippen LogP contribution in [0, 0.1) is 5.92 Å². The molecule has 0 aliphatic carbocycles. The van der Waals surface area contributed by atoms with E-state index in [-0.39, 0.29) is 18.4 Å². The Kier molecular flexibility index (Phi) is 4.79. The molecule has 0 saturated carbocycles. The zero-order valence-corrected chi connectivity index (χ0v) is 9.56. The predicted molar refractivity (Wildman–Crippen MR) is 62.5 cm³/mol. The van der Waals surface area contributed by atoms with E-state index in [1.54, 1.807) is 19.2 Å². The Morgan fingerprint density at radius 1 is 1.50 bits per heavy atom. The van der Waals surface area contributed by atoms with Gasteiger partial charge in [0.05, 0.1) is 25.3 Å². The van der Waals surface area contributed by atoms with Gasteiger partial charge in [-0.05, 0) is 18.6 Å². The second-order valence-corrected chi connectivity index (χ2v) is 3.48. The van der Waals surface area contributed by atoms with Crippen molar-refractivity contribution < 1.29 is 14.6 Å². The SMILES string of the molecule is CCC(CO)C(=O)Nc1ccccc1OC. The smallest absolute Gasteiger partial charge is 0.229 e. The summed E-state index contributed by atoms with van der Waals surface area (Å²) in [6, 6.07) is 7.19. The molecule has 4 nitrogen and oxygen atoms in total. The monoisotopic (exact) mass is 223 g/mol.